The van der Waals surface area contributed by atoms with Crippen molar-refractivity contribution < 1.29 is 18.0 Å². The zero-order valence-electron chi connectivity index (χ0n) is 12.0. The Hall–Kier alpha value is -2.35. The van der Waals surface area contributed by atoms with Crippen molar-refractivity contribution in [3.8, 4) is 0 Å². The van der Waals surface area contributed by atoms with Gasteiger partial charge < -0.3 is 10.7 Å². The van der Waals surface area contributed by atoms with E-state index in [1.165, 1.54) is 12.1 Å². The van der Waals surface area contributed by atoms with Gasteiger partial charge >= 0.3 is 6.18 Å². The molecule has 1 amide bonds. The summed E-state index contributed by atoms with van der Waals surface area (Å²) in [6, 6.07) is 4.32. The minimum atomic E-state index is -4.35. The van der Waals surface area contributed by atoms with Crippen molar-refractivity contribution in [3.05, 3.63) is 47.3 Å². The fraction of sp³-hybridized carbons (Fsp3) is 0.333. The van der Waals surface area contributed by atoms with Gasteiger partial charge in [0.25, 0.3) is 0 Å². The zero-order valence-corrected chi connectivity index (χ0v) is 12.0. The second kappa shape index (κ2) is 6.04. The van der Waals surface area contributed by atoms with Gasteiger partial charge in [-0.05, 0) is 24.1 Å². The fourth-order valence-corrected chi connectivity index (χ4v) is 2.59. The Morgan fingerprint density at radius 3 is 2.74 bits per heavy atom. The quantitative estimate of drug-likeness (QED) is 0.793. The van der Waals surface area contributed by atoms with Crippen LogP contribution in [0.5, 0.6) is 0 Å². The number of alkyl halides is 3. The molecule has 0 aromatic heterocycles. The molecule has 2 aliphatic rings. The molecule has 3 rings (SSSR count). The molecule has 2 aliphatic heterocycles. The van der Waals surface area contributed by atoms with Crippen molar-refractivity contribution >= 4 is 12.1 Å². The lowest BCUT2D eigenvalue weighted by atomic mass is 9.94. The fourth-order valence-electron chi connectivity index (χ4n) is 2.59. The number of hydrogen-bond acceptors (Lipinski definition) is 4. The van der Waals surface area contributed by atoms with Crippen LogP contribution >= 0.6 is 0 Å². The summed E-state index contributed by atoms with van der Waals surface area (Å²) in [7, 11) is 0. The van der Waals surface area contributed by atoms with Crippen LogP contribution in [0.15, 0.2) is 41.2 Å². The number of rotatable bonds is 3. The van der Waals surface area contributed by atoms with Crippen molar-refractivity contribution in [3.63, 3.8) is 0 Å². The van der Waals surface area contributed by atoms with Gasteiger partial charge in [-0.25, -0.2) is 5.43 Å². The van der Waals surface area contributed by atoms with E-state index in [-0.39, 0.29) is 18.4 Å². The van der Waals surface area contributed by atoms with E-state index >= 15 is 0 Å². The second-order valence-corrected chi connectivity index (χ2v) is 5.42. The van der Waals surface area contributed by atoms with Gasteiger partial charge in [-0.3, -0.25) is 9.79 Å². The Morgan fingerprint density at radius 1 is 1.30 bits per heavy atom. The van der Waals surface area contributed by atoms with Crippen LogP contribution in [-0.4, -0.2) is 18.2 Å². The molecule has 3 N–H and O–H groups in total. The molecule has 1 aromatic carbocycles. The normalized spacial score (nSPS) is 23.0. The molecule has 2 unspecified atom stereocenters. The first-order valence-electron chi connectivity index (χ1n) is 7.12. The minimum absolute atomic E-state index is 0.0000976. The highest BCUT2D eigenvalue weighted by Gasteiger charge is 2.36. The number of amides is 1. The number of carbonyl (C=O) groups excluding carboxylic acids is 1. The van der Waals surface area contributed by atoms with Crippen LogP contribution in [0.25, 0.3) is 0 Å². The number of nitrogens with one attached hydrogen (secondary N) is 3. The van der Waals surface area contributed by atoms with Gasteiger partial charge in [-0.2, -0.15) is 13.2 Å². The van der Waals surface area contributed by atoms with Crippen LogP contribution in [0.2, 0.25) is 0 Å². The summed E-state index contributed by atoms with van der Waals surface area (Å²) in [6.45, 7) is 0.176. The molecule has 5 nitrogen and oxygen atoms in total. The maximum absolute atomic E-state index is 12.5. The average molecular weight is 324 g/mol. The van der Waals surface area contributed by atoms with E-state index in [9.17, 15) is 18.0 Å². The zero-order chi connectivity index (χ0) is 16.4. The van der Waals surface area contributed by atoms with Gasteiger partial charge in [-0.1, -0.05) is 12.1 Å². The topological polar surface area (TPSA) is 65.5 Å². The first kappa shape index (κ1) is 15.5. The highest BCUT2D eigenvalue weighted by molar-refractivity contribution is 5.84. The molecule has 2 heterocycles. The Balaban J connectivity index is 1.57. The van der Waals surface area contributed by atoms with Crippen LogP contribution in [-0.2, 0) is 17.5 Å². The molecule has 1 aromatic rings. The third-order valence-corrected chi connectivity index (χ3v) is 3.88. The third-order valence-electron chi connectivity index (χ3n) is 3.88. The molecule has 0 aliphatic carbocycles. The molecule has 0 radical (unpaired) electrons. The van der Waals surface area contributed by atoms with Gasteiger partial charge in [0.1, 0.15) is 6.04 Å². The monoisotopic (exact) mass is 324 g/mol. The van der Waals surface area contributed by atoms with E-state index < -0.39 is 17.8 Å². The molecular weight excluding hydrogens is 309 g/mol. The Morgan fingerprint density at radius 2 is 2.04 bits per heavy atom. The Kier molecular flexibility index (Phi) is 4.08. The minimum Gasteiger partial charge on any atom is -0.351 e. The largest absolute Gasteiger partial charge is 0.416 e. The molecule has 0 bridgehead atoms. The molecule has 1 saturated heterocycles. The SMILES string of the molecule is O=C(NCc1ccc(C(F)(F)F)cc1)C1NNC2=CN=CCC21. The summed E-state index contributed by atoms with van der Waals surface area (Å²) in [5.41, 5.74) is 6.60. The van der Waals surface area contributed by atoms with Crippen molar-refractivity contribution in [1.29, 1.82) is 0 Å². The van der Waals surface area contributed by atoms with E-state index in [0.717, 1.165) is 17.8 Å². The van der Waals surface area contributed by atoms with E-state index in [4.69, 9.17) is 0 Å². The lowest BCUT2D eigenvalue weighted by Crippen LogP contribution is -2.45. The summed E-state index contributed by atoms with van der Waals surface area (Å²) in [6.07, 6.45) is -0.278. The smallest absolute Gasteiger partial charge is 0.351 e. The lowest BCUT2D eigenvalue weighted by molar-refractivity contribution is -0.137. The first-order valence-corrected chi connectivity index (χ1v) is 7.12. The van der Waals surface area contributed by atoms with E-state index in [2.05, 4.69) is 21.2 Å². The van der Waals surface area contributed by atoms with Crippen LogP contribution in [0.4, 0.5) is 13.2 Å². The molecule has 23 heavy (non-hydrogen) atoms. The highest BCUT2D eigenvalue weighted by atomic mass is 19.4. The maximum atomic E-state index is 12.5. The number of hydrazine groups is 1. The van der Waals surface area contributed by atoms with E-state index in [0.29, 0.717) is 12.0 Å². The molecule has 2 atom stereocenters. The van der Waals surface area contributed by atoms with Gasteiger partial charge in [0.05, 0.1) is 11.3 Å². The third kappa shape index (κ3) is 3.37. The van der Waals surface area contributed by atoms with Gasteiger partial charge in [-0.15, -0.1) is 0 Å². The van der Waals surface area contributed by atoms with Crippen molar-refractivity contribution in [2.24, 2.45) is 10.9 Å². The number of halogens is 3. The number of aliphatic imine (C=N–C) groups is 1. The molecule has 0 spiro atoms. The predicted octanol–water partition coefficient (Wildman–Crippen LogP) is 1.73. The van der Waals surface area contributed by atoms with Crippen molar-refractivity contribution in [2.45, 2.75) is 25.2 Å². The van der Waals surface area contributed by atoms with E-state index in [1.54, 1.807) is 12.4 Å². The number of benzene rings is 1. The van der Waals surface area contributed by atoms with Crippen LogP contribution in [0.1, 0.15) is 17.5 Å². The molecule has 1 fully saturated rings. The Bertz CT molecular complexity index is 652. The number of hydrogen-bond donors (Lipinski definition) is 3. The first-order chi connectivity index (χ1) is 10.9. The Labute approximate surface area is 130 Å². The molecule has 8 heteroatoms. The van der Waals surface area contributed by atoms with Crippen LogP contribution in [0.3, 0.4) is 0 Å². The highest BCUT2D eigenvalue weighted by Crippen LogP contribution is 2.29. The number of nitrogens with zero attached hydrogens (tertiary/aromatic N) is 1. The summed E-state index contributed by atoms with van der Waals surface area (Å²) in [4.78, 5) is 16.3. The summed E-state index contributed by atoms with van der Waals surface area (Å²) in [5, 5.41) is 2.74. The second-order valence-electron chi connectivity index (χ2n) is 5.42. The summed E-state index contributed by atoms with van der Waals surface area (Å²) >= 11 is 0. The van der Waals surface area contributed by atoms with Gasteiger partial charge in [0.15, 0.2) is 0 Å². The van der Waals surface area contributed by atoms with Crippen molar-refractivity contribution in [1.82, 2.24) is 16.2 Å². The van der Waals surface area contributed by atoms with Gasteiger partial charge in [0, 0.05) is 24.9 Å². The molecule has 0 saturated carbocycles. The van der Waals surface area contributed by atoms with Crippen molar-refractivity contribution in [2.75, 3.05) is 0 Å². The average Bonchev–Trinajstić information content (AvgIpc) is 2.96. The lowest BCUT2D eigenvalue weighted by Gasteiger charge is -2.17. The number of carbonyl (C=O) groups is 1. The standard InChI is InChI=1S/C15H15F3N4O/c16-15(17,18)10-3-1-9(2-4-10)7-20-14(23)13-11-5-6-19-8-12(11)21-22-13/h1-4,6,8,11,13,21-22H,5,7H2,(H,20,23). The van der Waals surface area contributed by atoms with Crippen LogP contribution in [0, 0.1) is 5.92 Å². The maximum Gasteiger partial charge on any atom is 0.416 e. The predicted molar refractivity (Wildman–Crippen MR) is 78.0 cm³/mol. The number of fused-ring (bicyclic) bond motifs is 1. The molecular formula is C15H15F3N4O. The van der Waals surface area contributed by atoms with Crippen LogP contribution < -0.4 is 16.2 Å². The van der Waals surface area contributed by atoms with E-state index in [1.807, 2.05) is 0 Å². The van der Waals surface area contributed by atoms with Gasteiger partial charge in [0.2, 0.25) is 5.91 Å². The molecule has 122 valence electrons. The summed E-state index contributed by atoms with van der Waals surface area (Å²) < 4.78 is 37.5. The summed E-state index contributed by atoms with van der Waals surface area (Å²) in [5.74, 6) is -0.207.